The topological polar surface area (TPSA) is 77.0 Å². The van der Waals surface area contributed by atoms with Gasteiger partial charge in [-0.3, -0.25) is 4.79 Å². The molecule has 1 aliphatic rings. The number of hydrogen-bond acceptors (Lipinski definition) is 5. The van der Waals surface area contributed by atoms with Crippen molar-refractivity contribution in [3.63, 3.8) is 0 Å². The van der Waals surface area contributed by atoms with Crippen molar-refractivity contribution in [3.05, 3.63) is 62.2 Å². The Labute approximate surface area is 185 Å². The van der Waals surface area contributed by atoms with Crippen molar-refractivity contribution in [1.29, 1.82) is 0 Å². The first-order valence-electron chi connectivity index (χ1n) is 8.89. The summed E-state index contributed by atoms with van der Waals surface area (Å²) in [5.41, 5.74) is 2.26. The zero-order chi connectivity index (χ0) is 21.0. The van der Waals surface area contributed by atoms with E-state index in [4.69, 9.17) is 9.47 Å². The number of carbonyl (C=O) groups is 2. The molecule has 0 spiro atoms. The van der Waals surface area contributed by atoms with Crippen molar-refractivity contribution in [2.24, 2.45) is 4.99 Å². The Balaban J connectivity index is 1.84. The molecule has 1 amide bonds. The van der Waals surface area contributed by atoms with Gasteiger partial charge in [-0.15, -0.1) is 0 Å². The minimum atomic E-state index is -0.524. The number of cyclic esters (lactones) is 1. The number of nitrogens with one attached hydrogen (secondary N) is 1. The van der Waals surface area contributed by atoms with Gasteiger partial charge < -0.3 is 14.8 Å². The van der Waals surface area contributed by atoms with E-state index in [1.54, 1.807) is 30.3 Å². The molecule has 0 aromatic heterocycles. The van der Waals surface area contributed by atoms with Crippen molar-refractivity contribution in [2.45, 2.75) is 20.3 Å². The van der Waals surface area contributed by atoms with Gasteiger partial charge in [0.25, 0.3) is 0 Å². The second kappa shape index (κ2) is 9.37. The van der Waals surface area contributed by atoms with E-state index >= 15 is 0 Å². The molecule has 0 aliphatic carbocycles. The maximum Gasteiger partial charge on any atom is 0.363 e. The Kier molecular flexibility index (Phi) is 6.87. The van der Waals surface area contributed by atoms with Gasteiger partial charge in [-0.05, 0) is 86.3 Å². The van der Waals surface area contributed by atoms with Crippen molar-refractivity contribution in [1.82, 2.24) is 0 Å². The molecule has 150 valence electrons. The van der Waals surface area contributed by atoms with Gasteiger partial charge in [0.1, 0.15) is 5.75 Å². The summed E-state index contributed by atoms with van der Waals surface area (Å²) in [5.74, 6) is 0.253. The van der Waals surface area contributed by atoms with E-state index in [2.05, 4.69) is 42.2 Å². The average Bonchev–Trinajstić information content (AvgIpc) is 3.02. The first-order valence-corrected chi connectivity index (χ1v) is 10.5. The van der Waals surface area contributed by atoms with Crippen LogP contribution < -0.4 is 10.1 Å². The number of anilines is 1. The second-order valence-electron chi connectivity index (χ2n) is 6.26. The minimum Gasteiger partial charge on any atom is -0.491 e. The normalized spacial score (nSPS) is 14.6. The van der Waals surface area contributed by atoms with Crippen LogP contribution in [0.15, 0.2) is 56.0 Å². The average molecular weight is 522 g/mol. The van der Waals surface area contributed by atoms with Gasteiger partial charge in [-0.2, -0.15) is 0 Å². The third kappa shape index (κ3) is 5.33. The third-order valence-electron chi connectivity index (χ3n) is 3.85. The molecule has 3 rings (SSSR count). The molecule has 2 aromatic rings. The van der Waals surface area contributed by atoms with Crippen LogP contribution in [0.4, 0.5) is 5.69 Å². The molecule has 0 unspecified atom stereocenters. The van der Waals surface area contributed by atoms with E-state index in [0.717, 1.165) is 20.9 Å². The highest BCUT2D eigenvalue weighted by Gasteiger charge is 2.24. The molecule has 8 heteroatoms. The smallest absolute Gasteiger partial charge is 0.363 e. The monoisotopic (exact) mass is 520 g/mol. The number of carbonyl (C=O) groups excluding carboxylic acids is 2. The van der Waals surface area contributed by atoms with Gasteiger partial charge in [0.2, 0.25) is 11.8 Å². The van der Waals surface area contributed by atoms with E-state index in [1.165, 1.54) is 6.92 Å². The molecule has 0 atom stereocenters. The van der Waals surface area contributed by atoms with Crippen LogP contribution in [0.5, 0.6) is 5.75 Å². The Morgan fingerprint density at radius 3 is 2.45 bits per heavy atom. The minimum absolute atomic E-state index is 0.156. The number of hydrogen-bond donors (Lipinski definition) is 1. The quantitative estimate of drug-likeness (QED) is 0.413. The summed E-state index contributed by atoms with van der Waals surface area (Å²) >= 11 is 7.00. The maximum atomic E-state index is 12.2. The van der Waals surface area contributed by atoms with E-state index in [9.17, 15) is 9.59 Å². The lowest BCUT2D eigenvalue weighted by Crippen LogP contribution is -2.07. The van der Waals surface area contributed by atoms with Gasteiger partial charge >= 0.3 is 5.97 Å². The summed E-state index contributed by atoms with van der Waals surface area (Å²) in [4.78, 5) is 27.7. The highest BCUT2D eigenvalue weighted by molar-refractivity contribution is 9.11. The van der Waals surface area contributed by atoms with Crippen molar-refractivity contribution >= 4 is 61.4 Å². The molecule has 0 saturated heterocycles. The summed E-state index contributed by atoms with van der Waals surface area (Å²) < 4.78 is 12.6. The van der Waals surface area contributed by atoms with E-state index < -0.39 is 5.97 Å². The lowest BCUT2D eigenvalue weighted by Gasteiger charge is -2.10. The molecule has 0 fully saturated rings. The van der Waals surface area contributed by atoms with Crippen LogP contribution in [0.2, 0.25) is 0 Å². The van der Waals surface area contributed by atoms with Crippen molar-refractivity contribution < 1.29 is 19.1 Å². The fourth-order valence-electron chi connectivity index (χ4n) is 2.59. The summed E-state index contributed by atoms with van der Waals surface area (Å²) in [6.45, 7) is 4.08. The fourth-order valence-corrected chi connectivity index (χ4v) is 4.05. The summed E-state index contributed by atoms with van der Waals surface area (Å²) in [6, 6.07) is 10.6. The number of esters is 1. The number of amides is 1. The van der Waals surface area contributed by atoms with Gasteiger partial charge in [0, 0.05) is 18.2 Å². The Bertz CT molecular complexity index is 991. The lowest BCUT2D eigenvalue weighted by atomic mass is 10.2. The molecule has 1 N–H and O–H groups in total. The van der Waals surface area contributed by atoms with Crippen LogP contribution in [0.25, 0.3) is 6.08 Å². The van der Waals surface area contributed by atoms with Crippen molar-refractivity contribution in [3.8, 4) is 5.75 Å². The van der Waals surface area contributed by atoms with Crippen LogP contribution in [0, 0.1) is 0 Å². The van der Waals surface area contributed by atoms with Gasteiger partial charge in [-0.1, -0.05) is 6.92 Å². The molecule has 0 radical (unpaired) electrons. The predicted molar refractivity (Wildman–Crippen MR) is 119 cm³/mol. The predicted octanol–water partition coefficient (Wildman–Crippen LogP) is 5.30. The number of nitrogens with zero attached hydrogens (tertiary/aromatic N) is 1. The molecule has 0 saturated carbocycles. The Hall–Kier alpha value is -2.45. The number of benzene rings is 2. The number of halogens is 2. The van der Waals surface area contributed by atoms with Crippen LogP contribution in [-0.4, -0.2) is 24.4 Å². The maximum absolute atomic E-state index is 12.2. The molecule has 1 aliphatic heterocycles. The second-order valence-corrected chi connectivity index (χ2v) is 7.97. The van der Waals surface area contributed by atoms with E-state index in [-0.39, 0.29) is 17.5 Å². The largest absolute Gasteiger partial charge is 0.491 e. The van der Waals surface area contributed by atoms with E-state index in [0.29, 0.717) is 23.6 Å². The molecule has 2 aromatic carbocycles. The standard InChI is InChI=1S/C21H18Br2N2O4/c1-3-8-28-19-16(22)9-13(10-17(19)23)11-18-21(27)29-20(25-18)14-4-6-15(7-5-14)24-12(2)26/h4-7,9-11H,3,8H2,1-2H3,(H,24,26)/b18-11-. The Morgan fingerprint density at radius 1 is 1.21 bits per heavy atom. The zero-order valence-electron chi connectivity index (χ0n) is 15.8. The highest BCUT2D eigenvalue weighted by Crippen LogP contribution is 2.36. The van der Waals surface area contributed by atoms with Crippen LogP contribution in [-0.2, 0) is 14.3 Å². The van der Waals surface area contributed by atoms with Gasteiger partial charge in [-0.25, -0.2) is 9.79 Å². The van der Waals surface area contributed by atoms with Gasteiger partial charge in [0.15, 0.2) is 5.70 Å². The zero-order valence-corrected chi connectivity index (χ0v) is 19.0. The Morgan fingerprint density at radius 2 is 1.86 bits per heavy atom. The number of rotatable bonds is 6. The fraction of sp³-hybridized carbons (Fsp3) is 0.190. The molecule has 6 nitrogen and oxygen atoms in total. The molecule has 0 bridgehead atoms. The number of ether oxygens (including phenoxy) is 2. The molecular formula is C21H18Br2N2O4. The first-order chi connectivity index (χ1) is 13.9. The summed E-state index contributed by atoms with van der Waals surface area (Å²) in [5, 5.41) is 2.68. The molecule has 29 heavy (non-hydrogen) atoms. The first kappa shape index (κ1) is 21.3. The van der Waals surface area contributed by atoms with E-state index in [1.807, 2.05) is 19.1 Å². The third-order valence-corrected chi connectivity index (χ3v) is 5.03. The lowest BCUT2D eigenvalue weighted by molar-refractivity contribution is -0.129. The summed E-state index contributed by atoms with van der Waals surface area (Å²) in [7, 11) is 0. The molecule has 1 heterocycles. The molecular weight excluding hydrogens is 504 g/mol. The van der Waals surface area contributed by atoms with Crippen molar-refractivity contribution in [2.75, 3.05) is 11.9 Å². The highest BCUT2D eigenvalue weighted by atomic mass is 79.9. The van der Waals surface area contributed by atoms with Gasteiger partial charge in [0.05, 0.1) is 15.6 Å². The SMILES string of the molecule is CCCOc1c(Br)cc(/C=C2\N=C(c3ccc(NC(C)=O)cc3)OC2=O)cc1Br. The summed E-state index contributed by atoms with van der Waals surface area (Å²) in [6.07, 6.45) is 2.56. The van der Waals surface area contributed by atoms with Crippen LogP contribution in [0.3, 0.4) is 0 Å². The van der Waals surface area contributed by atoms with Crippen LogP contribution in [0.1, 0.15) is 31.4 Å². The number of aliphatic imine (C=N–C) groups is 1. The van der Waals surface area contributed by atoms with Crippen LogP contribution >= 0.6 is 31.9 Å².